The highest BCUT2D eigenvalue weighted by atomic mass is 32.1. The summed E-state index contributed by atoms with van der Waals surface area (Å²) in [5, 5.41) is 6.99. The van der Waals surface area contributed by atoms with E-state index in [0.29, 0.717) is 29.4 Å². The summed E-state index contributed by atoms with van der Waals surface area (Å²) in [4.78, 5) is 14.6. The van der Waals surface area contributed by atoms with Crippen molar-refractivity contribution < 1.29 is 4.42 Å². The van der Waals surface area contributed by atoms with Crippen molar-refractivity contribution >= 4 is 34.9 Å². The fourth-order valence-electron chi connectivity index (χ4n) is 5.50. The van der Waals surface area contributed by atoms with Crippen LogP contribution in [0.5, 0.6) is 0 Å². The molecule has 37 heavy (non-hydrogen) atoms. The molecule has 2 unspecified atom stereocenters. The van der Waals surface area contributed by atoms with E-state index < -0.39 is 0 Å². The van der Waals surface area contributed by atoms with Gasteiger partial charge in [-0.25, -0.2) is 0 Å². The van der Waals surface area contributed by atoms with Crippen LogP contribution in [0.25, 0.3) is 11.3 Å². The van der Waals surface area contributed by atoms with E-state index in [9.17, 15) is 0 Å². The number of anilines is 3. The molecule has 0 spiro atoms. The van der Waals surface area contributed by atoms with E-state index in [4.69, 9.17) is 26.6 Å². The number of hydrogen-bond acceptors (Lipinski definition) is 6. The molecule has 2 fully saturated rings. The van der Waals surface area contributed by atoms with Gasteiger partial charge >= 0.3 is 0 Å². The van der Waals surface area contributed by atoms with Crippen molar-refractivity contribution in [3.05, 3.63) is 54.3 Å². The number of furan rings is 1. The van der Waals surface area contributed by atoms with Gasteiger partial charge in [0.15, 0.2) is 5.11 Å². The van der Waals surface area contributed by atoms with Gasteiger partial charge < -0.3 is 24.9 Å². The second kappa shape index (κ2) is 11.9. The Bertz CT molecular complexity index is 1160. The highest BCUT2D eigenvalue weighted by Crippen LogP contribution is 2.29. The summed E-state index contributed by atoms with van der Waals surface area (Å²) in [5.74, 6) is 5.48. The first-order chi connectivity index (χ1) is 18.0. The van der Waals surface area contributed by atoms with Crippen LogP contribution in [0.1, 0.15) is 51.7 Å². The minimum atomic E-state index is 0.483. The second-order valence-electron chi connectivity index (χ2n) is 10.6. The van der Waals surface area contributed by atoms with Crippen LogP contribution in [0.2, 0.25) is 0 Å². The van der Waals surface area contributed by atoms with Gasteiger partial charge in [0.2, 0.25) is 5.95 Å². The Balaban J connectivity index is 1.29. The van der Waals surface area contributed by atoms with Crippen molar-refractivity contribution in [3.8, 4) is 11.3 Å². The van der Waals surface area contributed by atoms with Gasteiger partial charge in [-0.3, -0.25) is 0 Å². The lowest BCUT2D eigenvalue weighted by Gasteiger charge is -2.36. The summed E-state index contributed by atoms with van der Waals surface area (Å²) in [5.41, 5.74) is 1.06. The number of benzene rings is 1. The van der Waals surface area contributed by atoms with Gasteiger partial charge in [-0.2, -0.15) is 9.97 Å². The Morgan fingerprint density at radius 3 is 2.30 bits per heavy atom. The second-order valence-corrected chi connectivity index (χ2v) is 11.0. The molecule has 3 aromatic rings. The first-order valence-electron chi connectivity index (χ1n) is 13.6. The van der Waals surface area contributed by atoms with E-state index in [-0.39, 0.29) is 0 Å². The predicted octanol–water partition coefficient (Wildman–Crippen LogP) is 6.09. The van der Waals surface area contributed by atoms with Crippen molar-refractivity contribution in [2.75, 3.05) is 41.3 Å². The SMILES string of the molecule is CC1CC(C)CN(c2cc(N3CCCCCC3)nc(NC(=S)NCc3ccc(-c4ccccc4)o3)n2)C1. The summed E-state index contributed by atoms with van der Waals surface area (Å²) in [6, 6.07) is 16.2. The maximum absolute atomic E-state index is 6.00. The van der Waals surface area contributed by atoms with E-state index in [1.807, 2.05) is 42.5 Å². The highest BCUT2D eigenvalue weighted by molar-refractivity contribution is 7.80. The van der Waals surface area contributed by atoms with Crippen LogP contribution >= 0.6 is 12.2 Å². The van der Waals surface area contributed by atoms with Crippen LogP contribution in [0.3, 0.4) is 0 Å². The van der Waals surface area contributed by atoms with Crippen molar-refractivity contribution in [1.29, 1.82) is 0 Å². The molecule has 4 heterocycles. The zero-order valence-corrected chi connectivity index (χ0v) is 22.8. The maximum atomic E-state index is 6.00. The molecule has 0 radical (unpaired) electrons. The Labute approximate surface area is 225 Å². The first kappa shape index (κ1) is 25.5. The van der Waals surface area contributed by atoms with Crippen LogP contribution in [-0.2, 0) is 6.54 Å². The summed E-state index contributed by atoms with van der Waals surface area (Å²) >= 11 is 5.62. The molecular formula is C29H38N6OS. The monoisotopic (exact) mass is 518 g/mol. The van der Waals surface area contributed by atoms with Crippen molar-refractivity contribution in [2.45, 2.75) is 52.5 Å². The number of thiocarbonyl (C=S) groups is 1. The van der Waals surface area contributed by atoms with Gasteiger partial charge in [-0.15, -0.1) is 0 Å². The first-order valence-corrected chi connectivity index (χ1v) is 14.0. The molecule has 0 aliphatic carbocycles. The number of nitrogens with one attached hydrogen (secondary N) is 2. The van der Waals surface area contributed by atoms with Gasteiger partial charge in [0.1, 0.15) is 23.2 Å². The lowest BCUT2D eigenvalue weighted by molar-refractivity contribution is 0.355. The minimum Gasteiger partial charge on any atom is -0.459 e. The van der Waals surface area contributed by atoms with Crippen LogP contribution in [-0.4, -0.2) is 41.3 Å². The standard InChI is InChI=1S/C29H38N6OS/c1-21-16-22(2)20-35(19-21)27-17-26(34-14-8-3-4-9-15-34)31-28(32-27)33-29(37)30-18-24-12-13-25(36-24)23-10-6-5-7-11-23/h5-7,10-13,17,21-22H,3-4,8-9,14-16,18-20H2,1-2H3,(H2,30,31,32,33,37). The molecule has 5 rings (SSSR count). The summed E-state index contributed by atoms with van der Waals surface area (Å²) in [6.45, 7) is 9.25. The number of nitrogens with zero attached hydrogens (tertiary/aromatic N) is 4. The molecular weight excluding hydrogens is 480 g/mol. The van der Waals surface area contributed by atoms with Crippen LogP contribution in [0.15, 0.2) is 52.9 Å². The molecule has 2 saturated heterocycles. The molecule has 2 atom stereocenters. The lowest BCUT2D eigenvalue weighted by atomic mass is 9.92. The van der Waals surface area contributed by atoms with E-state index >= 15 is 0 Å². The van der Waals surface area contributed by atoms with Crippen molar-refractivity contribution in [2.24, 2.45) is 11.8 Å². The molecule has 7 nitrogen and oxygen atoms in total. The predicted molar refractivity (Wildman–Crippen MR) is 155 cm³/mol. The van der Waals surface area contributed by atoms with Gasteiger partial charge in [-0.05, 0) is 55.4 Å². The zero-order valence-electron chi connectivity index (χ0n) is 21.9. The van der Waals surface area contributed by atoms with Gasteiger partial charge in [-0.1, -0.05) is 57.0 Å². The molecule has 0 bridgehead atoms. The summed E-state index contributed by atoms with van der Waals surface area (Å²) in [6.07, 6.45) is 6.24. The third kappa shape index (κ3) is 6.80. The topological polar surface area (TPSA) is 69.5 Å². The van der Waals surface area contributed by atoms with Crippen LogP contribution < -0.4 is 20.4 Å². The third-order valence-corrected chi connectivity index (χ3v) is 7.44. The number of piperidine rings is 1. The molecule has 2 N–H and O–H groups in total. The largest absolute Gasteiger partial charge is 0.459 e. The molecule has 2 aliphatic heterocycles. The number of rotatable bonds is 6. The molecule has 196 valence electrons. The van der Waals surface area contributed by atoms with Crippen LogP contribution in [0, 0.1) is 11.8 Å². The number of hydrogen-bond donors (Lipinski definition) is 2. The zero-order chi connectivity index (χ0) is 25.6. The van der Waals surface area contributed by atoms with Crippen LogP contribution in [0.4, 0.5) is 17.6 Å². The highest BCUT2D eigenvalue weighted by Gasteiger charge is 2.25. The summed E-state index contributed by atoms with van der Waals surface area (Å²) < 4.78 is 6.00. The molecule has 1 aromatic carbocycles. The lowest BCUT2D eigenvalue weighted by Crippen LogP contribution is -2.39. The Morgan fingerprint density at radius 2 is 1.59 bits per heavy atom. The van der Waals surface area contributed by atoms with E-state index in [2.05, 4.69) is 40.3 Å². The third-order valence-electron chi connectivity index (χ3n) is 7.19. The molecule has 8 heteroatoms. The van der Waals surface area contributed by atoms with Gasteiger partial charge in [0, 0.05) is 37.8 Å². The van der Waals surface area contributed by atoms with Gasteiger partial charge in [0.05, 0.1) is 6.54 Å². The normalized spacial score (nSPS) is 20.4. The fourth-order valence-corrected chi connectivity index (χ4v) is 5.66. The summed E-state index contributed by atoms with van der Waals surface area (Å²) in [7, 11) is 0. The van der Waals surface area contributed by atoms with E-state index in [1.54, 1.807) is 0 Å². The average Bonchev–Trinajstić information content (AvgIpc) is 3.20. The average molecular weight is 519 g/mol. The van der Waals surface area contributed by atoms with Gasteiger partial charge in [0.25, 0.3) is 0 Å². The Kier molecular flexibility index (Phi) is 8.24. The van der Waals surface area contributed by atoms with Crippen molar-refractivity contribution in [1.82, 2.24) is 15.3 Å². The maximum Gasteiger partial charge on any atom is 0.232 e. The van der Waals surface area contributed by atoms with E-state index in [0.717, 1.165) is 54.9 Å². The Hall–Kier alpha value is -3.13. The fraction of sp³-hybridized carbons (Fsp3) is 0.483. The Morgan fingerprint density at radius 1 is 0.919 bits per heavy atom. The number of aromatic nitrogens is 2. The minimum absolute atomic E-state index is 0.483. The molecule has 2 aromatic heterocycles. The van der Waals surface area contributed by atoms with E-state index in [1.165, 1.54) is 32.1 Å². The smallest absolute Gasteiger partial charge is 0.232 e. The molecule has 2 aliphatic rings. The molecule has 0 saturated carbocycles. The van der Waals surface area contributed by atoms with Crippen molar-refractivity contribution in [3.63, 3.8) is 0 Å². The molecule has 0 amide bonds. The quantitative estimate of drug-likeness (QED) is 0.380.